The summed E-state index contributed by atoms with van der Waals surface area (Å²) < 4.78 is 18.1. The lowest BCUT2D eigenvalue weighted by molar-refractivity contribution is -0.122. The molecule has 2 aromatic rings. The van der Waals surface area contributed by atoms with E-state index in [1.54, 1.807) is 17.0 Å². The first-order valence-corrected chi connectivity index (χ1v) is 7.16. The molecule has 0 atom stereocenters. The minimum Gasteiger partial charge on any atom is -0.352 e. The zero-order valence-corrected chi connectivity index (χ0v) is 12.3. The zero-order valence-electron chi connectivity index (χ0n) is 12.3. The van der Waals surface area contributed by atoms with Gasteiger partial charge in [0.05, 0.1) is 13.1 Å². The van der Waals surface area contributed by atoms with Crippen molar-refractivity contribution in [2.24, 2.45) is 0 Å². The molecule has 0 saturated heterocycles. The van der Waals surface area contributed by atoms with Gasteiger partial charge in [-0.3, -0.25) is 9.69 Å². The smallest absolute Gasteiger partial charge is 0.241 e. The Bertz CT molecular complexity index is 652. The predicted octanol–water partition coefficient (Wildman–Crippen LogP) is 1.59. The van der Waals surface area contributed by atoms with Crippen LogP contribution in [0.3, 0.4) is 0 Å². The van der Waals surface area contributed by atoms with Crippen molar-refractivity contribution in [1.29, 1.82) is 0 Å². The quantitative estimate of drug-likeness (QED) is 0.877. The number of aromatic nitrogens is 2. The number of halogens is 1. The first-order chi connectivity index (χ1) is 10.6. The molecule has 0 bridgehead atoms. The third-order valence-corrected chi connectivity index (χ3v) is 3.33. The Hall–Kier alpha value is -2.28. The molecule has 22 heavy (non-hydrogen) atoms. The summed E-state index contributed by atoms with van der Waals surface area (Å²) in [7, 11) is 1.81. The Kier molecular flexibility index (Phi) is 4.15. The van der Waals surface area contributed by atoms with Gasteiger partial charge in [0.2, 0.25) is 17.6 Å². The molecule has 1 amide bonds. The van der Waals surface area contributed by atoms with Gasteiger partial charge in [0.1, 0.15) is 5.82 Å². The lowest BCUT2D eigenvalue weighted by atomic mass is 10.2. The van der Waals surface area contributed by atoms with Crippen LogP contribution in [0.25, 0.3) is 11.4 Å². The molecule has 1 aliphatic rings. The molecule has 1 aromatic carbocycles. The minimum absolute atomic E-state index is 0.00303. The van der Waals surface area contributed by atoms with Crippen LogP contribution in [-0.4, -0.2) is 40.6 Å². The fraction of sp³-hybridized carbons (Fsp3) is 0.400. The van der Waals surface area contributed by atoms with Crippen LogP contribution in [0.15, 0.2) is 28.8 Å². The van der Waals surface area contributed by atoms with Crippen LogP contribution in [0.4, 0.5) is 4.39 Å². The van der Waals surface area contributed by atoms with Gasteiger partial charge in [-0.1, -0.05) is 5.16 Å². The second-order valence-corrected chi connectivity index (χ2v) is 5.53. The molecular weight excluding hydrogens is 287 g/mol. The van der Waals surface area contributed by atoms with E-state index < -0.39 is 0 Å². The minimum atomic E-state index is -0.311. The molecule has 6 nitrogen and oxygen atoms in total. The van der Waals surface area contributed by atoms with E-state index in [-0.39, 0.29) is 18.3 Å². The van der Waals surface area contributed by atoms with E-state index >= 15 is 0 Å². The van der Waals surface area contributed by atoms with Crippen molar-refractivity contribution in [3.05, 3.63) is 36.0 Å². The van der Waals surface area contributed by atoms with E-state index in [2.05, 4.69) is 15.5 Å². The molecule has 1 fully saturated rings. The molecule has 1 saturated carbocycles. The molecule has 1 aliphatic carbocycles. The summed E-state index contributed by atoms with van der Waals surface area (Å²) in [5, 5.41) is 6.80. The normalized spacial score (nSPS) is 14.3. The summed E-state index contributed by atoms with van der Waals surface area (Å²) in [6.45, 7) is 0.664. The van der Waals surface area contributed by atoms with Gasteiger partial charge >= 0.3 is 0 Å². The molecule has 0 aliphatic heterocycles. The maximum absolute atomic E-state index is 12.9. The number of amides is 1. The Balaban J connectivity index is 1.56. The van der Waals surface area contributed by atoms with Crippen LogP contribution >= 0.6 is 0 Å². The van der Waals surface area contributed by atoms with Gasteiger partial charge in [0, 0.05) is 11.6 Å². The highest BCUT2D eigenvalue weighted by molar-refractivity contribution is 5.78. The van der Waals surface area contributed by atoms with Crippen LogP contribution in [0.2, 0.25) is 0 Å². The first kappa shape index (κ1) is 14.6. The maximum Gasteiger partial charge on any atom is 0.241 e. The van der Waals surface area contributed by atoms with Crippen LogP contribution in [-0.2, 0) is 11.3 Å². The molecule has 7 heteroatoms. The van der Waals surface area contributed by atoms with Crippen molar-refractivity contribution in [3.8, 4) is 11.4 Å². The van der Waals surface area contributed by atoms with Crippen molar-refractivity contribution in [1.82, 2.24) is 20.4 Å². The average molecular weight is 304 g/mol. The van der Waals surface area contributed by atoms with E-state index in [1.165, 1.54) is 12.1 Å². The van der Waals surface area contributed by atoms with Crippen LogP contribution < -0.4 is 5.32 Å². The average Bonchev–Trinajstić information content (AvgIpc) is 3.16. The lowest BCUT2D eigenvalue weighted by Crippen LogP contribution is -2.35. The summed E-state index contributed by atoms with van der Waals surface area (Å²) in [5.74, 6) is 0.518. The number of hydrogen-bond donors (Lipinski definition) is 1. The molecule has 1 aromatic heterocycles. The van der Waals surface area contributed by atoms with E-state index in [1.807, 2.05) is 7.05 Å². The van der Waals surface area contributed by atoms with Gasteiger partial charge in [0.15, 0.2) is 0 Å². The fourth-order valence-corrected chi connectivity index (χ4v) is 2.07. The van der Waals surface area contributed by atoms with Crippen LogP contribution in [0.5, 0.6) is 0 Å². The summed E-state index contributed by atoms with van der Waals surface area (Å²) in [4.78, 5) is 17.8. The second-order valence-electron chi connectivity index (χ2n) is 5.53. The zero-order chi connectivity index (χ0) is 15.5. The predicted molar refractivity (Wildman–Crippen MR) is 77.2 cm³/mol. The molecule has 0 spiro atoms. The molecule has 116 valence electrons. The third kappa shape index (κ3) is 3.88. The summed E-state index contributed by atoms with van der Waals surface area (Å²) in [6.07, 6.45) is 2.14. The second kappa shape index (κ2) is 6.23. The number of nitrogens with one attached hydrogen (secondary N) is 1. The maximum atomic E-state index is 12.9. The number of nitrogens with zero attached hydrogens (tertiary/aromatic N) is 3. The monoisotopic (exact) mass is 304 g/mol. The van der Waals surface area contributed by atoms with E-state index in [0.29, 0.717) is 29.9 Å². The van der Waals surface area contributed by atoms with Gasteiger partial charge in [-0.15, -0.1) is 0 Å². The van der Waals surface area contributed by atoms with Gasteiger partial charge in [-0.05, 0) is 44.2 Å². The van der Waals surface area contributed by atoms with Crippen molar-refractivity contribution in [2.75, 3.05) is 13.6 Å². The standard InChI is InChI=1S/C15H17FN4O2/c1-20(8-13(21)17-12-6-7-12)9-14-18-15(19-22-14)10-2-4-11(16)5-3-10/h2-5,12H,6-9H2,1H3,(H,17,21). The van der Waals surface area contributed by atoms with Crippen molar-refractivity contribution >= 4 is 5.91 Å². The molecular formula is C15H17FN4O2. The molecule has 3 rings (SSSR count). The highest BCUT2D eigenvalue weighted by Crippen LogP contribution is 2.18. The van der Waals surface area contributed by atoms with E-state index in [0.717, 1.165) is 12.8 Å². The van der Waals surface area contributed by atoms with E-state index in [4.69, 9.17) is 4.52 Å². The summed E-state index contributed by atoms with van der Waals surface area (Å²) >= 11 is 0. The number of carbonyl (C=O) groups is 1. The Labute approximate surface area is 127 Å². The molecule has 0 radical (unpaired) electrons. The van der Waals surface area contributed by atoms with Crippen molar-refractivity contribution < 1.29 is 13.7 Å². The van der Waals surface area contributed by atoms with Gasteiger partial charge in [-0.2, -0.15) is 4.98 Å². The summed E-state index contributed by atoms with van der Waals surface area (Å²) in [6, 6.07) is 6.24. The Morgan fingerprint density at radius 3 is 2.82 bits per heavy atom. The van der Waals surface area contributed by atoms with Crippen molar-refractivity contribution in [3.63, 3.8) is 0 Å². The third-order valence-electron chi connectivity index (χ3n) is 3.33. The Morgan fingerprint density at radius 1 is 1.41 bits per heavy atom. The highest BCUT2D eigenvalue weighted by atomic mass is 19.1. The number of hydrogen-bond acceptors (Lipinski definition) is 5. The number of benzene rings is 1. The molecule has 1 heterocycles. The van der Waals surface area contributed by atoms with Crippen LogP contribution in [0, 0.1) is 5.82 Å². The van der Waals surface area contributed by atoms with Crippen LogP contribution in [0.1, 0.15) is 18.7 Å². The molecule has 0 unspecified atom stereocenters. The van der Waals surface area contributed by atoms with Gasteiger partial charge < -0.3 is 9.84 Å². The van der Waals surface area contributed by atoms with Crippen molar-refractivity contribution in [2.45, 2.75) is 25.4 Å². The SMILES string of the molecule is CN(CC(=O)NC1CC1)Cc1nc(-c2ccc(F)cc2)no1. The molecule has 1 N–H and O–H groups in total. The largest absolute Gasteiger partial charge is 0.352 e. The topological polar surface area (TPSA) is 71.3 Å². The Morgan fingerprint density at radius 2 is 2.14 bits per heavy atom. The number of carbonyl (C=O) groups excluding carboxylic acids is 1. The summed E-state index contributed by atoms with van der Waals surface area (Å²) in [5.41, 5.74) is 0.686. The first-order valence-electron chi connectivity index (χ1n) is 7.16. The number of likely N-dealkylation sites (N-methyl/N-ethyl adjacent to an activating group) is 1. The van der Waals surface area contributed by atoms with Gasteiger partial charge in [0.25, 0.3) is 0 Å². The van der Waals surface area contributed by atoms with E-state index in [9.17, 15) is 9.18 Å². The highest BCUT2D eigenvalue weighted by Gasteiger charge is 2.23. The lowest BCUT2D eigenvalue weighted by Gasteiger charge is -2.13. The van der Waals surface area contributed by atoms with Gasteiger partial charge in [-0.25, -0.2) is 4.39 Å². The fourth-order valence-electron chi connectivity index (χ4n) is 2.07. The number of rotatable bonds is 6.